The topological polar surface area (TPSA) is 84.5 Å². The molecular formula is C16H24N2O4S. The molecule has 0 aromatic heterocycles. The summed E-state index contributed by atoms with van der Waals surface area (Å²) in [4.78, 5) is 12.4. The first-order chi connectivity index (χ1) is 10.9. The number of ether oxygens (including phenoxy) is 1. The summed E-state index contributed by atoms with van der Waals surface area (Å²) < 4.78 is 29.8. The Balaban J connectivity index is 1.96. The summed E-state index contributed by atoms with van der Waals surface area (Å²) >= 11 is 0. The van der Waals surface area contributed by atoms with Crippen LogP contribution in [0.2, 0.25) is 0 Å². The summed E-state index contributed by atoms with van der Waals surface area (Å²) in [6.45, 7) is 3.35. The second-order valence-corrected chi connectivity index (χ2v) is 7.94. The van der Waals surface area contributed by atoms with Gasteiger partial charge in [0.2, 0.25) is 5.91 Å². The molecule has 2 rings (SSSR count). The summed E-state index contributed by atoms with van der Waals surface area (Å²) in [6.07, 6.45) is 1.94. The van der Waals surface area contributed by atoms with Gasteiger partial charge in [-0.25, -0.2) is 8.42 Å². The van der Waals surface area contributed by atoms with Gasteiger partial charge in [-0.2, -0.15) is 0 Å². The summed E-state index contributed by atoms with van der Waals surface area (Å²) in [6, 6.07) is 6.30. The number of carbonyl (C=O) groups is 1. The number of rotatable bonds is 6. The first-order valence-electron chi connectivity index (χ1n) is 7.80. The molecule has 1 aromatic carbocycles. The zero-order valence-corrected chi connectivity index (χ0v) is 14.4. The molecule has 0 radical (unpaired) electrons. The number of piperidine rings is 1. The minimum Gasteiger partial charge on any atom is -0.497 e. The Morgan fingerprint density at radius 1 is 1.39 bits per heavy atom. The maximum Gasteiger partial charge on any atom is 0.224 e. The summed E-state index contributed by atoms with van der Waals surface area (Å²) in [5.74, 6) is -0.412. The molecule has 0 spiro atoms. The smallest absolute Gasteiger partial charge is 0.224 e. The van der Waals surface area contributed by atoms with E-state index < -0.39 is 15.8 Å². The van der Waals surface area contributed by atoms with Crippen molar-refractivity contribution in [1.82, 2.24) is 10.6 Å². The highest BCUT2D eigenvalue weighted by Gasteiger charge is 2.25. The molecule has 128 valence electrons. The lowest BCUT2D eigenvalue weighted by Crippen LogP contribution is -2.47. The zero-order valence-electron chi connectivity index (χ0n) is 13.5. The molecule has 23 heavy (non-hydrogen) atoms. The van der Waals surface area contributed by atoms with Crippen molar-refractivity contribution in [2.24, 2.45) is 5.92 Å². The molecule has 1 fully saturated rings. The zero-order chi connectivity index (χ0) is 16.9. The fraction of sp³-hybridized carbons (Fsp3) is 0.562. The number of benzene rings is 1. The average molecular weight is 340 g/mol. The SMILES string of the molecule is COc1ccc(S(=O)(=O)CC(C)C(=O)N[C@H]2CCCNC2)cc1. The van der Waals surface area contributed by atoms with Crippen molar-refractivity contribution >= 4 is 15.7 Å². The van der Waals surface area contributed by atoms with E-state index in [4.69, 9.17) is 4.74 Å². The minimum atomic E-state index is -3.50. The van der Waals surface area contributed by atoms with Crippen LogP contribution in [0.25, 0.3) is 0 Å². The molecule has 0 saturated carbocycles. The van der Waals surface area contributed by atoms with Crippen molar-refractivity contribution in [2.75, 3.05) is 26.0 Å². The molecule has 1 unspecified atom stereocenters. The Kier molecular flexibility index (Phi) is 6.01. The van der Waals surface area contributed by atoms with Gasteiger partial charge in [-0.15, -0.1) is 0 Å². The van der Waals surface area contributed by atoms with Crippen LogP contribution < -0.4 is 15.4 Å². The minimum absolute atomic E-state index is 0.0855. The largest absolute Gasteiger partial charge is 0.497 e. The van der Waals surface area contributed by atoms with Crippen molar-refractivity contribution < 1.29 is 17.9 Å². The van der Waals surface area contributed by atoms with Crippen molar-refractivity contribution in [1.29, 1.82) is 0 Å². The highest BCUT2D eigenvalue weighted by molar-refractivity contribution is 7.91. The van der Waals surface area contributed by atoms with Gasteiger partial charge in [0.15, 0.2) is 9.84 Å². The van der Waals surface area contributed by atoms with Crippen molar-refractivity contribution in [3.63, 3.8) is 0 Å². The Bertz CT molecular complexity index is 622. The lowest BCUT2D eigenvalue weighted by atomic mass is 10.1. The number of nitrogens with one attached hydrogen (secondary N) is 2. The van der Waals surface area contributed by atoms with Gasteiger partial charge in [-0.3, -0.25) is 4.79 Å². The Morgan fingerprint density at radius 3 is 2.65 bits per heavy atom. The van der Waals surface area contributed by atoms with E-state index in [1.165, 1.54) is 19.2 Å². The first kappa shape index (κ1) is 17.7. The standard InChI is InChI=1S/C16H24N2O4S/c1-12(16(19)18-13-4-3-9-17-10-13)11-23(20,21)15-7-5-14(22-2)6-8-15/h5-8,12-13,17H,3-4,9-11H2,1-2H3,(H,18,19)/t12?,13-/m0/s1. The Morgan fingerprint density at radius 2 is 2.09 bits per heavy atom. The lowest BCUT2D eigenvalue weighted by Gasteiger charge is -2.25. The van der Waals surface area contributed by atoms with E-state index in [-0.39, 0.29) is 22.6 Å². The molecule has 0 bridgehead atoms. The third-order valence-corrected chi connectivity index (χ3v) is 5.91. The van der Waals surface area contributed by atoms with E-state index in [1.54, 1.807) is 19.1 Å². The Hall–Kier alpha value is -1.60. The molecule has 0 aliphatic carbocycles. The number of amides is 1. The second-order valence-electron chi connectivity index (χ2n) is 5.91. The van der Waals surface area contributed by atoms with Gasteiger partial charge in [-0.05, 0) is 43.7 Å². The highest BCUT2D eigenvalue weighted by atomic mass is 32.2. The van der Waals surface area contributed by atoms with E-state index in [9.17, 15) is 13.2 Å². The maximum absolute atomic E-state index is 12.4. The van der Waals surface area contributed by atoms with Crippen LogP contribution in [0.5, 0.6) is 5.75 Å². The van der Waals surface area contributed by atoms with Crippen LogP contribution in [-0.4, -0.2) is 46.3 Å². The van der Waals surface area contributed by atoms with Gasteiger partial charge < -0.3 is 15.4 Å². The fourth-order valence-corrected chi connectivity index (χ4v) is 4.16. The van der Waals surface area contributed by atoms with Gasteiger partial charge in [0.25, 0.3) is 0 Å². The van der Waals surface area contributed by atoms with Crippen LogP contribution >= 0.6 is 0 Å². The van der Waals surface area contributed by atoms with E-state index >= 15 is 0 Å². The Labute approximate surface area is 137 Å². The second kappa shape index (κ2) is 7.79. The molecule has 1 amide bonds. The molecule has 2 atom stereocenters. The molecule has 6 nitrogen and oxygen atoms in total. The molecule has 1 aliphatic heterocycles. The van der Waals surface area contributed by atoms with Crippen LogP contribution in [-0.2, 0) is 14.6 Å². The van der Waals surface area contributed by atoms with Gasteiger partial charge in [-0.1, -0.05) is 6.92 Å². The third kappa shape index (κ3) is 4.94. The monoisotopic (exact) mass is 340 g/mol. The molecule has 7 heteroatoms. The third-order valence-electron chi connectivity index (χ3n) is 3.98. The van der Waals surface area contributed by atoms with Gasteiger partial charge in [0.05, 0.1) is 17.8 Å². The molecule has 1 aliphatic rings. The van der Waals surface area contributed by atoms with Crippen LogP contribution in [0.3, 0.4) is 0 Å². The number of sulfone groups is 1. The van der Waals surface area contributed by atoms with Crippen LogP contribution in [0.4, 0.5) is 0 Å². The number of carbonyl (C=O) groups excluding carboxylic acids is 1. The quantitative estimate of drug-likeness (QED) is 0.806. The van der Waals surface area contributed by atoms with Gasteiger partial charge in [0, 0.05) is 18.5 Å². The number of methoxy groups -OCH3 is 1. The van der Waals surface area contributed by atoms with Crippen molar-refractivity contribution in [3.05, 3.63) is 24.3 Å². The van der Waals surface area contributed by atoms with E-state index in [0.29, 0.717) is 5.75 Å². The predicted octanol–water partition coefficient (Wildman–Crippen LogP) is 0.973. The van der Waals surface area contributed by atoms with E-state index in [2.05, 4.69) is 10.6 Å². The highest BCUT2D eigenvalue weighted by Crippen LogP contribution is 2.18. The fourth-order valence-electron chi connectivity index (χ4n) is 2.60. The number of hydrogen-bond donors (Lipinski definition) is 2. The van der Waals surface area contributed by atoms with Crippen molar-refractivity contribution in [3.8, 4) is 5.75 Å². The van der Waals surface area contributed by atoms with E-state index in [1.807, 2.05) is 0 Å². The molecule has 1 saturated heterocycles. The molecule has 2 N–H and O–H groups in total. The summed E-state index contributed by atoms with van der Waals surface area (Å²) in [7, 11) is -1.98. The molecule has 1 aromatic rings. The van der Waals surface area contributed by atoms with Gasteiger partial charge >= 0.3 is 0 Å². The first-order valence-corrected chi connectivity index (χ1v) is 9.45. The van der Waals surface area contributed by atoms with Crippen LogP contribution in [0, 0.1) is 5.92 Å². The lowest BCUT2D eigenvalue weighted by molar-refractivity contribution is -0.124. The number of hydrogen-bond acceptors (Lipinski definition) is 5. The van der Waals surface area contributed by atoms with Crippen LogP contribution in [0.15, 0.2) is 29.2 Å². The summed E-state index contributed by atoms with van der Waals surface area (Å²) in [5.41, 5.74) is 0. The summed E-state index contributed by atoms with van der Waals surface area (Å²) in [5, 5.41) is 6.14. The molecular weight excluding hydrogens is 316 g/mol. The van der Waals surface area contributed by atoms with Crippen molar-refractivity contribution in [2.45, 2.75) is 30.7 Å². The average Bonchev–Trinajstić information content (AvgIpc) is 2.55. The van der Waals surface area contributed by atoms with E-state index in [0.717, 1.165) is 25.9 Å². The molecule has 1 heterocycles. The van der Waals surface area contributed by atoms with Gasteiger partial charge in [0.1, 0.15) is 5.75 Å². The normalized spacial score (nSPS) is 19.8. The maximum atomic E-state index is 12.4. The predicted molar refractivity (Wildman–Crippen MR) is 88.2 cm³/mol. The van der Waals surface area contributed by atoms with Crippen LogP contribution in [0.1, 0.15) is 19.8 Å².